The molecular weight excluding hydrogens is 559 g/mol. The summed E-state index contributed by atoms with van der Waals surface area (Å²) in [5, 5.41) is 5.84. The second kappa shape index (κ2) is 12.0. The highest BCUT2D eigenvalue weighted by Crippen LogP contribution is 2.41. The molecule has 0 aliphatic rings. The third-order valence-corrected chi connectivity index (χ3v) is 7.00. The van der Waals surface area contributed by atoms with Crippen molar-refractivity contribution < 1.29 is 19.1 Å². The molecule has 0 saturated heterocycles. The smallest absolute Gasteiger partial charge is 0.326 e. The number of anilines is 1. The minimum Gasteiger partial charge on any atom is -0.456 e. The zero-order chi connectivity index (χ0) is 28.3. The molecule has 0 bridgehead atoms. The van der Waals surface area contributed by atoms with Crippen molar-refractivity contribution >= 4 is 52.4 Å². The molecule has 0 unspecified atom stereocenters. The highest BCUT2D eigenvalue weighted by atomic mass is 35.5. The maximum atomic E-state index is 12.5. The average Bonchev–Trinajstić information content (AvgIpc) is 2.88. The summed E-state index contributed by atoms with van der Waals surface area (Å²) in [6, 6.07) is 18.4. The molecular formula is C30H25Cl3N2O4. The Morgan fingerprint density at radius 1 is 0.744 bits per heavy atom. The van der Waals surface area contributed by atoms with Crippen molar-refractivity contribution in [3.63, 3.8) is 0 Å². The average molecular weight is 584 g/mol. The highest BCUT2D eigenvalue weighted by molar-refractivity contribution is 6.34. The number of benzene rings is 4. The molecule has 0 aliphatic heterocycles. The zero-order valence-electron chi connectivity index (χ0n) is 21.6. The van der Waals surface area contributed by atoms with Crippen LogP contribution in [0.15, 0.2) is 66.7 Å². The molecule has 3 amide bonds. The number of rotatable bonds is 6. The lowest BCUT2D eigenvalue weighted by Crippen LogP contribution is -2.34. The molecule has 2 N–H and O–H groups in total. The van der Waals surface area contributed by atoms with E-state index in [0.717, 1.165) is 11.1 Å². The predicted octanol–water partition coefficient (Wildman–Crippen LogP) is 9.43. The summed E-state index contributed by atoms with van der Waals surface area (Å²) in [5.41, 5.74) is 3.96. The molecule has 0 aliphatic carbocycles. The Morgan fingerprint density at radius 2 is 1.46 bits per heavy atom. The summed E-state index contributed by atoms with van der Waals surface area (Å²) in [6.07, 6.45) is 0. The van der Waals surface area contributed by atoms with E-state index in [-0.39, 0.29) is 10.6 Å². The quantitative estimate of drug-likeness (QED) is 0.237. The first kappa shape index (κ1) is 28.3. The third kappa shape index (κ3) is 6.66. The first-order valence-corrected chi connectivity index (χ1v) is 13.1. The molecule has 4 rings (SSSR count). The number of carbonyl (C=O) groups is 2. The van der Waals surface area contributed by atoms with Crippen molar-refractivity contribution in [2.45, 2.75) is 27.7 Å². The van der Waals surface area contributed by atoms with Crippen LogP contribution < -0.4 is 20.1 Å². The van der Waals surface area contributed by atoms with Crippen molar-refractivity contribution in [1.29, 1.82) is 0 Å². The Bertz CT molecular complexity index is 1590. The number of imide groups is 1. The lowest BCUT2D eigenvalue weighted by Gasteiger charge is -2.17. The first-order valence-electron chi connectivity index (χ1n) is 11.9. The van der Waals surface area contributed by atoms with E-state index >= 15 is 0 Å². The zero-order valence-corrected chi connectivity index (χ0v) is 23.9. The topological polar surface area (TPSA) is 76.7 Å². The van der Waals surface area contributed by atoms with Gasteiger partial charge in [0.1, 0.15) is 23.0 Å². The standard InChI is InChI=1S/C30H25Cl3N2O4/c1-16-9-11-25(17(2)13-16)39-26-12-10-20(15-23(26)32)38-28-18(3)14-24(19(4)27(28)33)34-30(37)35-29(36)21-7-5-6-8-22(21)31/h5-15H,1-4H3,(H2,34,35,36,37). The van der Waals surface area contributed by atoms with E-state index in [1.165, 1.54) is 6.07 Å². The van der Waals surface area contributed by atoms with Crippen molar-refractivity contribution in [2.75, 3.05) is 5.32 Å². The van der Waals surface area contributed by atoms with Gasteiger partial charge in [-0.3, -0.25) is 10.1 Å². The van der Waals surface area contributed by atoms with Gasteiger partial charge in [-0.1, -0.05) is 64.6 Å². The van der Waals surface area contributed by atoms with Crippen molar-refractivity contribution in [3.05, 3.63) is 110 Å². The lowest BCUT2D eigenvalue weighted by atomic mass is 10.1. The Kier molecular flexibility index (Phi) is 8.70. The van der Waals surface area contributed by atoms with Gasteiger partial charge in [0.25, 0.3) is 5.91 Å². The second-order valence-electron chi connectivity index (χ2n) is 8.96. The molecule has 0 radical (unpaired) electrons. The van der Waals surface area contributed by atoms with Gasteiger partial charge in [-0.05, 0) is 80.8 Å². The molecule has 0 saturated carbocycles. The molecule has 0 spiro atoms. The molecule has 200 valence electrons. The Balaban J connectivity index is 1.48. The number of hydrogen-bond donors (Lipinski definition) is 2. The molecule has 4 aromatic carbocycles. The van der Waals surface area contributed by atoms with Crippen LogP contribution in [0.2, 0.25) is 15.1 Å². The Hall–Kier alpha value is -3.71. The van der Waals surface area contributed by atoms with Crippen LogP contribution in [0, 0.1) is 27.7 Å². The number of amides is 3. The van der Waals surface area contributed by atoms with E-state index < -0.39 is 11.9 Å². The molecule has 6 nitrogen and oxygen atoms in total. The van der Waals surface area contributed by atoms with Crippen LogP contribution >= 0.6 is 34.8 Å². The van der Waals surface area contributed by atoms with E-state index in [9.17, 15) is 9.59 Å². The van der Waals surface area contributed by atoms with Gasteiger partial charge >= 0.3 is 6.03 Å². The molecule has 0 fully saturated rings. The normalized spacial score (nSPS) is 10.6. The summed E-state index contributed by atoms with van der Waals surface area (Å²) < 4.78 is 12.1. The molecule has 0 aromatic heterocycles. The van der Waals surface area contributed by atoms with Gasteiger partial charge in [0.05, 0.1) is 20.6 Å². The van der Waals surface area contributed by atoms with Crippen LogP contribution in [-0.2, 0) is 0 Å². The number of ether oxygens (including phenoxy) is 2. The summed E-state index contributed by atoms with van der Waals surface area (Å²) >= 11 is 19.2. The summed E-state index contributed by atoms with van der Waals surface area (Å²) in [5.74, 6) is 1.45. The Morgan fingerprint density at radius 3 is 2.15 bits per heavy atom. The first-order chi connectivity index (χ1) is 18.5. The number of carbonyl (C=O) groups excluding carboxylic acids is 2. The van der Waals surface area contributed by atoms with Crippen LogP contribution in [0.3, 0.4) is 0 Å². The fourth-order valence-electron chi connectivity index (χ4n) is 3.85. The monoisotopic (exact) mass is 582 g/mol. The Labute approximate surface area is 241 Å². The number of halogens is 3. The van der Waals surface area contributed by atoms with Crippen LogP contribution in [0.25, 0.3) is 0 Å². The van der Waals surface area contributed by atoms with Crippen LogP contribution in [0.5, 0.6) is 23.0 Å². The van der Waals surface area contributed by atoms with E-state index in [1.807, 2.05) is 32.0 Å². The minimum absolute atomic E-state index is 0.188. The fraction of sp³-hybridized carbons (Fsp3) is 0.133. The van der Waals surface area contributed by atoms with Crippen LogP contribution in [0.1, 0.15) is 32.6 Å². The molecule has 0 atom stereocenters. The maximum absolute atomic E-state index is 12.5. The van der Waals surface area contributed by atoms with Gasteiger partial charge in [-0.2, -0.15) is 0 Å². The molecule has 9 heteroatoms. The molecule has 39 heavy (non-hydrogen) atoms. The SMILES string of the molecule is Cc1ccc(Oc2ccc(Oc3c(C)cc(NC(=O)NC(=O)c4ccccc4Cl)c(C)c3Cl)cc2Cl)c(C)c1. The molecule has 4 aromatic rings. The van der Waals surface area contributed by atoms with E-state index in [4.69, 9.17) is 44.3 Å². The van der Waals surface area contributed by atoms with Crippen molar-refractivity contribution in [3.8, 4) is 23.0 Å². The number of urea groups is 1. The van der Waals surface area contributed by atoms with Crippen molar-refractivity contribution in [2.24, 2.45) is 0 Å². The maximum Gasteiger partial charge on any atom is 0.326 e. The number of hydrogen-bond acceptors (Lipinski definition) is 4. The fourth-order valence-corrected chi connectivity index (χ4v) is 4.57. The van der Waals surface area contributed by atoms with Gasteiger partial charge < -0.3 is 14.8 Å². The summed E-state index contributed by atoms with van der Waals surface area (Å²) in [4.78, 5) is 24.9. The van der Waals surface area contributed by atoms with Gasteiger partial charge in [0, 0.05) is 11.8 Å². The minimum atomic E-state index is -0.724. The third-order valence-electron chi connectivity index (χ3n) is 5.92. The van der Waals surface area contributed by atoms with Crippen molar-refractivity contribution in [1.82, 2.24) is 5.32 Å². The predicted molar refractivity (Wildman–Crippen MR) is 156 cm³/mol. The summed E-state index contributed by atoms with van der Waals surface area (Å²) in [7, 11) is 0. The van der Waals surface area contributed by atoms with Gasteiger partial charge in [-0.25, -0.2) is 4.79 Å². The number of aryl methyl sites for hydroxylation is 3. The largest absolute Gasteiger partial charge is 0.456 e. The van der Waals surface area contributed by atoms with E-state index in [1.54, 1.807) is 56.3 Å². The van der Waals surface area contributed by atoms with Gasteiger partial charge in [-0.15, -0.1) is 0 Å². The number of nitrogens with one attached hydrogen (secondary N) is 2. The van der Waals surface area contributed by atoms with E-state index in [0.29, 0.717) is 49.9 Å². The van der Waals surface area contributed by atoms with E-state index in [2.05, 4.69) is 10.6 Å². The van der Waals surface area contributed by atoms with Gasteiger partial charge in [0.2, 0.25) is 0 Å². The van der Waals surface area contributed by atoms with Crippen LogP contribution in [0.4, 0.5) is 10.5 Å². The van der Waals surface area contributed by atoms with Gasteiger partial charge in [0.15, 0.2) is 0 Å². The second-order valence-corrected chi connectivity index (χ2v) is 10.2. The highest BCUT2D eigenvalue weighted by Gasteiger charge is 2.18. The lowest BCUT2D eigenvalue weighted by molar-refractivity contribution is 0.0967. The summed E-state index contributed by atoms with van der Waals surface area (Å²) in [6.45, 7) is 7.51. The van der Waals surface area contributed by atoms with Crippen LogP contribution in [-0.4, -0.2) is 11.9 Å². The molecule has 0 heterocycles.